The Balaban J connectivity index is 2.39. The summed E-state index contributed by atoms with van der Waals surface area (Å²) in [5.41, 5.74) is 0.147. The number of nitrogens with one attached hydrogen (secondary N) is 1. The van der Waals surface area contributed by atoms with Gasteiger partial charge in [-0.1, -0.05) is 17.7 Å². The lowest BCUT2D eigenvalue weighted by molar-refractivity contribution is -0.136. The number of rotatable bonds is 6. The van der Waals surface area contributed by atoms with Crippen molar-refractivity contribution in [3.05, 3.63) is 28.8 Å². The molecule has 1 aromatic rings. The predicted molar refractivity (Wildman–Crippen MR) is 87.8 cm³/mol. The van der Waals surface area contributed by atoms with Crippen LogP contribution in [0.25, 0.3) is 0 Å². The number of aliphatic carboxylic acids is 1. The lowest BCUT2D eigenvalue weighted by Gasteiger charge is -2.19. The zero-order valence-corrected chi connectivity index (χ0v) is 14.4. The standard InChI is InChI=1S/C15H20ClNO4S/c1-15(2,3)21-14(20)17-6-7-22-12-5-4-10(8-11(12)16)9-13(18)19/h4-5,8H,6-7,9H2,1-3H3,(H,17,20)(H,18,19). The van der Waals surface area contributed by atoms with Gasteiger partial charge in [0.05, 0.1) is 11.4 Å². The third-order valence-corrected chi connectivity index (χ3v) is 3.88. The lowest BCUT2D eigenvalue weighted by atomic mass is 10.1. The molecular weight excluding hydrogens is 326 g/mol. The van der Waals surface area contributed by atoms with E-state index in [0.29, 0.717) is 22.9 Å². The van der Waals surface area contributed by atoms with Crippen LogP contribution in [0.3, 0.4) is 0 Å². The first-order valence-corrected chi connectivity index (χ1v) is 8.13. The zero-order valence-electron chi connectivity index (χ0n) is 12.8. The summed E-state index contributed by atoms with van der Waals surface area (Å²) in [6.07, 6.45) is -0.499. The Hall–Kier alpha value is -1.40. The van der Waals surface area contributed by atoms with Crippen molar-refractivity contribution >= 4 is 35.4 Å². The van der Waals surface area contributed by atoms with Gasteiger partial charge in [-0.2, -0.15) is 0 Å². The van der Waals surface area contributed by atoms with Gasteiger partial charge in [0.2, 0.25) is 0 Å². The first kappa shape index (κ1) is 18.6. The smallest absolute Gasteiger partial charge is 0.407 e. The molecule has 0 saturated carbocycles. The summed E-state index contributed by atoms with van der Waals surface area (Å²) in [5, 5.41) is 11.9. The van der Waals surface area contributed by atoms with Crippen molar-refractivity contribution in [3.8, 4) is 0 Å². The van der Waals surface area contributed by atoms with Crippen LogP contribution in [0.1, 0.15) is 26.3 Å². The molecule has 122 valence electrons. The van der Waals surface area contributed by atoms with E-state index in [-0.39, 0.29) is 6.42 Å². The molecule has 0 radical (unpaired) electrons. The molecule has 0 heterocycles. The maximum absolute atomic E-state index is 11.5. The molecule has 0 aliphatic rings. The second kappa shape index (κ2) is 8.29. The van der Waals surface area contributed by atoms with Crippen LogP contribution in [0.15, 0.2) is 23.1 Å². The van der Waals surface area contributed by atoms with Crippen LogP contribution in [-0.2, 0) is 16.0 Å². The van der Waals surface area contributed by atoms with Crippen molar-refractivity contribution in [3.63, 3.8) is 0 Å². The van der Waals surface area contributed by atoms with E-state index in [4.69, 9.17) is 21.4 Å². The molecule has 0 bridgehead atoms. The van der Waals surface area contributed by atoms with Gasteiger partial charge in [0.1, 0.15) is 5.60 Å². The van der Waals surface area contributed by atoms with Gasteiger partial charge in [-0.3, -0.25) is 4.79 Å². The molecule has 0 saturated heterocycles. The summed E-state index contributed by atoms with van der Waals surface area (Å²) in [4.78, 5) is 22.9. The molecule has 1 amide bonds. The molecule has 5 nitrogen and oxygen atoms in total. The Morgan fingerprint density at radius 2 is 2.05 bits per heavy atom. The SMILES string of the molecule is CC(C)(C)OC(=O)NCCSc1ccc(CC(=O)O)cc1Cl. The number of benzene rings is 1. The average molecular weight is 346 g/mol. The molecule has 0 atom stereocenters. The largest absolute Gasteiger partial charge is 0.481 e. The summed E-state index contributed by atoms with van der Waals surface area (Å²) < 4.78 is 5.13. The maximum Gasteiger partial charge on any atom is 0.407 e. The summed E-state index contributed by atoms with van der Waals surface area (Å²) >= 11 is 7.60. The average Bonchev–Trinajstić information content (AvgIpc) is 2.33. The van der Waals surface area contributed by atoms with Crippen LogP contribution in [0.5, 0.6) is 0 Å². The summed E-state index contributed by atoms with van der Waals surface area (Å²) in [6, 6.07) is 5.18. The Morgan fingerprint density at radius 1 is 1.36 bits per heavy atom. The number of alkyl carbamates (subject to hydrolysis) is 1. The Morgan fingerprint density at radius 3 is 2.59 bits per heavy atom. The van der Waals surface area contributed by atoms with E-state index in [0.717, 1.165) is 4.90 Å². The van der Waals surface area contributed by atoms with E-state index in [1.807, 2.05) is 0 Å². The fraction of sp³-hybridized carbons (Fsp3) is 0.467. The number of thioether (sulfide) groups is 1. The number of hydrogen-bond acceptors (Lipinski definition) is 4. The molecule has 7 heteroatoms. The lowest BCUT2D eigenvalue weighted by Crippen LogP contribution is -2.33. The van der Waals surface area contributed by atoms with Crippen molar-refractivity contribution in [2.45, 2.75) is 37.7 Å². The highest BCUT2D eigenvalue weighted by Crippen LogP contribution is 2.27. The molecule has 0 unspecified atom stereocenters. The van der Waals surface area contributed by atoms with Crippen molar-refractivity contribution < 1.29 is 19.4 Å². The Kier molecular flexibility index (Phi) is 7.03. The van der Waals surface area contributed by atoms with Crippen LogP contribution in [-0.4, -0.2) is 35.1 Å². The van der Waals surface area contributed by atoms with Gasteiger partial charge in [-0.25, -0.2) is 4.79 Å². The van der Waals surface area contributed by atoms with Crippen molar-refractivity contribution in [1.82, 2.24) is 5.32 Å². The third kappa shape index (κ3) is 7.56. The summed E-state index contributed by atoms with van der Waals surface area (Å²) in [7, 11) is 0. The molecule has 0 fully saturated rings. The van der Waals surface area contributed by atoms with E-state index in [1.54, 1.807) is 39.0 Å². The molecule has 0 aromatic heterocycles. The number of amides is 1. The number of carboxylic acid groups (broad SMARTS) is 1. The van der Waals surface area contributed by atoms with Crippen molar-refractivity contribution in [1.29, 1.82) is 0 Å². The van der Waals surface area contributed by atoms with E-state index in [2.05, 4.69) is 5.32 Å². The van der Waals surface area contributed by atoms with Crippen LogP contribution >= 0.6 is 23.4 Å². The van der Waals surface area contributed by atoms with Crippen LogP contribution in [0, 0.1) is 0 Å². The number of carbonyl (C=O) groups excluding carboxylic acids is 1. The minimum atomic E-state index is -0.891. The van der Waals surface area contributed by atoms with Gasteiger partial charge < -0.3 is 15.2 Å². The number of hydrogen-bond donors (Lipinski definition) is 2. The van der Waals surface area contributed by atoms with Gasteiger partial charge in [-0.05, 0) is 38.5 Å². The molecule has 0 aliphatic carbocycles. The van der Waals surface area contributed by atoms with Crippen molar-refractivity contribution in [2.75, 3.05) is 12.3 Å². The van der Waals surface area contributed by atoms with E-state index in [9.17, 15) is 9.59 Å². The van der Waals surface area contributed by atoms with Gasteiger partial charge in [0.25, 0.3) is 0 Å². The van der Waals surface area contributed by atoms with Gasteiger partial charge in [0.15, 0.2) is 0 Å². The quantitative estimate of drug-likeness (QED) is 0.608. The maximum atomic E-state index is 11.5. The van der Waals surface area contributed by atoms with E-state index in [1.165, 1.54) is 11.8 Å². The van der Waals surface area contributed by atoms with E-state index >= 15 is 0 Å². The number of carbonyl (C=O) groups is 2. The van der Waals surface area contributed by atoms with Crippen molar-refractivity contribution in [2.24, 2.45) is 0 Å². The topological polar surface area (TPSA) is 75.6 Å². The number of carboxylic acids is 1. The van der Waals surface area contributed by atoms with E-state index < -0.39 is 17.7 Å². The fourth-order valence-corrected chi connectivity index (χ4v) is 2.73. The zero-order chi connectivity index (χ0) is 16.8. The first-order valence-electron chi connectivity index (χ1n) is 6.77. The van der Waals surface area contributed by atoms with Crippen LogP contribution < -0.4 is 5.32 Å². The molecular formula is C15H20ClNO4S. The van der Waals surface area contributed by atoms with Crippen LogP contribution in [0.2, 0.25) is 5.02 Å². The molecule has 2 N–H and O–H groups in total. The minimum absolute atomic E-state index is 0.0507. The second-order valence-electron chi connectivity index (χ2n) is 5.61. The normalized spacial score (nSPS) is 11.1. The van der Waals surface area contributed by atoms with Gasteiger partial charge in [0, 0.05) is 17.2 Å². The second-order valence-corrected chi connectivity index (χ2v) is 7.16. The van der Waals surface area contributed by atoms with Crippen LogP contribution in [0.4, 0.5) is 4.79 Å². The van der Waals surface area contributed by atoms with Gasteiger partial charge in [-0.15, -0.1) is 11.8 Å². The highest BCUT2D eigenvalue weighted by atomic mass is 35.5. The third-order valence-electron chi connectivity index (χ3n) is 2.38. The molecule has 22 heavy (non-hydrogen) atoms. The summed E-state index contributed by atoms with van der Waals surface area (Å²) in [6.45, 7) is 5.87. The number of halogens is 1. The summed E-state index contributed by atoms with van der Waals surface area (Å²) in [5.74, 6) is -0.255. The Bertz CT molecular complexity index is 543. The highest BCUT2D eigenvalue weighted by molar-refractivity contribution is 7.99. The monoisotopic (exact) mass is 345 g/mol. The fourth-order valence-electron chi connectivity index (χ4n) is 1.57. The molecule has 0 spiro atoms. The molecule has 1 rings (SSSR count). The van der Waals surface area contributed by atoms with Gasteiger partial charge >= 0.3 is 12.1 Å². The first-order chi connectivity index (χ1) is 10.2. The minimum Gasteiger partial charge on any atom is -0.481 e. The molecule has 0 aliphatic heterocycles. The molecule has 1 aromatic carbocycles. The Labute approximate surface area is 139 Å². The predicted octanol–water partition coefficient (Wildman–Crippen LogP) is 3.58. The highest BCUT2D eigenvalue weighted by Gasteiger charge is 2.15. The number of ether oxygens (including phenoxy) is 1.